The first-order valence-electron chi connectivity index (χ1n) is 22.0. The molecule has 0 aliphatic carbocycles. The number of hydrogen-bond acceptors (Lipinski definition) is 22. The summed E-state index contributed by atoms with van der Waals surface area (Å²) >= 11 is 0. The zero-order chi connectivity index (χ0) is 46.1. The van der Waals surface area contributed by atoms with Crippen LogP contribution in [0.2, 0.25) is 0 Å². The van der Waals surface area contributed by atoms with Crippen LogP contribution >= 0.6 is 43.2 Å². The van der Waals surface area contributed by atoms with Gasteiger partial charge in [-0.15, -0.1) is 0 Å². The highest BCUT2D eigenvalue weighted by Gasteiger charge is 2.53. The maximum Gasteiger partial charge on any atom is 0.320 e. The van der Waals surface area contributed by atoms with Crippen molar-refractivity contribution in [3.63, 3.8) is 0 Å². The van der Waals surface area contributed by atoms with E-state index in [9.17, 15) is 34.5 Å². The molecule has 2 heterocycles. The van der Waals surface area contributed by atoms with Crippen LogP contribution in [-0.2, 0) is 47.6 Å². The summed E-state index contributed by atoms with van der Waals surface area (Å²) in [5.41, 5.74) is 20.1. The summed E-state index contributed by atoms with van der Waals surface area (Å²) in [6.45, 7) is 1.89. The summed E-state index contributed by atoms with van der Waals surface area (Å²) in [7, 11) is 5.74. The molecular formula is C40H76N4O14S4. The highest BCUT2D eigenvalue weighted by Crippen LogP contribution is 2.40. The van der Waals surface area contributed by atoms with E-state index < -0.39 is 103 Å². The molecule has 0 saturated carbocycles. The summed E-state index contributed by atoms with van der Waals surface area (Å²) in [6.07, 6.45) is 10.2. The minimum absolute atomic E-state index is 0.369. The molecule has 0 spiro atoms. The van der Waals surface area contributed by atoms with Gasteiger partial charge in [-0.05, 0) is 12.8 Å². The van der Waals surface area contributed by atoms with Crippen molar-refractivity contribution in [2.24, 2.45) is 22.9 Å². The van der Waals surface area contributed by atoms with Gasteiger partial charge in [-0.1, -0.05) is 147 Å². The van der Waals surface area contributed by atoms with Crippen molar-refractivity contribution in [3.8, 4) is 0 Å². The van der Waals surface area contributed by atoms with E-state index in [0.717, 1.165) is 37.2 Å². The second-order valence-electron chi connectivity index (χ2n) is 14.9. The molecule has 2 aliphatic rings. The smallest absolute Gasteiger partial charge is 0.320 e. The Morgan fingerprint density at radius 2 is 0.903 bits per heavy atom. The van der Waals surface area contributed by atoms with E-state index >= 15 is 0 Å². The van der Waals surface area contributed by atoms with Gasteiger partial charge in [-0.2, -0.15) is 0 Å². The summed E-state index contributed by atoms with van der Waals surface area (Å²) in [6, 6.07) is 0. The molecule has 364 valence electrons. The molecule has 22 heteroatoms. The van der Waals surface area contributed by atoms with Crippen LogP contribution in [0.5, 0.6) is 0 Å². The molecule has 0 aromatic carbocycles. The van der Waals surface area contributed by atoms with E-state index in [4.69, 9.17) is 56.5 Å². The molecule has 2 fully saturated rings. The fraction of sp³-hybridized carbons (Fsp3) is 0.900. The number of nitrogens with two attached hydrogens (primary N) is 4. The molecule has 10 atom stereocenters. The summed E-state index contributed by atoms with van der Waals surface area (Å²) in [5.74, 6) is -1.42. The van der Waals surface area contributed by atoms with Crippen LogP contribution in [0.15, 0.2) is 0 Å². The fourth-order valence-electron chi connectivity index (χ4n) is 6.29. The molecule has 4 unspecified atom stereocenters. The number of aliphatic hydroxyl groups is 4. The lowest BCUT2D eigenvalue weighted by Crippen LogP contribution is -2.62. The predicted octanol–water partition coefficient (Wildman–Crippen LogP) is 2.66. The largest absolute Gasteiger partial charge is 0.462 e. The van der Waals surface area contributed by atoms with Gasteiger partial charge < -0.3 is 71.8 Å². The third kappa shape index (κ3) is 24.4. The van der Waals surface area contributed by atoms with Crippen LogP contribution in [0, 0.1) is 0 Å². The van der Waals surface area contributed by atoms with Gasteiger partial charge in [0.25, 0.3) is 0 Å². The maximum atomic E-state index is 12.2. The van der Waals surface area contributed by atoms with E-state index in [0.29, 0.717) is 0 Å². The Kier molecular flexibility index (Phi) is 35.2. The Morgan fingerprint density at radius 3 is 1.35 bits per heavy atom. The van der Waals surface area contributed by atoms with Crippen molar-refractivity contribution in [1.29, 1.82) is 0 Å². The van der Waals surface area contributed by atoms with Gasteiger partial charge in [0.05, 0.1) is 32.8 Å². The lowest BCUT2D eigenvalue weighted by molar-refractivity contribution is -0.238. The second-order valence-corrected chi connectivity index (χ2v) is 20.1. The number of ether oxygens (including phenoxy) is 6. The average molecular weight is 965 g/mol. The molecule has 2 aliphatic heterocycles. The van der Waals surface area contributed by atoms with Gasteiger partial charge >= 0.3 is 23.9 Å². The van der Waals surface area contributed by atoms with E-state index in [1.807, 2.05) is 0 Å². The van der Waals surface area contributed by atoms with Gasteiger partial charge in [-0.25, -0.2) is 0 Å². The molecule has 2 saturated heterocycles. The Hall–Kier alpha value is -1.12. The molecule has 62 heavy (non-hydrogen) atoms. The quantitative estimate of drug-likeness (QED) is 0.0208. The zero-order valence-corrected chi connectivity index (χ0v) is 39.8. The molecule has 12 N–H and O–H groups in total. The van der Waals surface area contributed by atoms with Gasteiger partial charge in [0.2, 0.25) is 0 Å². The highest BCUT2D eigenvalue weighted by molar-refractivity contribution is 8.77. The van der Waals surface area contributed by atoms with Crippen LogP contribution in [0.25, 0.3) is 0 Å². The summed E-state index contributed by atoms with van der Waals surface area (Å²) in [5, 5.41) is 38.5. The Labute approximate surface area is 383 Å². The van der Waals surface area contributed by atoms with Crippen molar-refractivity contribution in [2.45, 2.75) is 176 Å². The fourth-order valence-corrected chi connectivity index (χ4v) is 11.4. The van der Waals surface area contributed by atoms with Crippen LogP contribution in [-0.4, -0.2) is 155 Å². The maximum absolute atomic E-state index is 12.2. The van der Waals surface area contributed by atoms with Crippen molar-refractivity contribution in [3.05, 3.63) is 0 Å². The van der Waals surface area contributed by atoms with Gasteiger partial charge in [0, 0.05) is 11.5 Å². The van der Waals surface area contributed by atoms with Crippen molar-refractivity contribution in [1.82, 2.24) is 0 Å². The number of hydrogen-bond donors (Lipinski definition) is 8. The number of rotatable bonds is 32. The first-order valence-corrected chi connectivity index (χ1v) is 26.8. The average Bonchev–Trinajstić information content (AvgIpc) is 3.28. The van der Waals surface area contributed by atoms with Crippen LogP contribution < -0.4 is 22.9 Å². The zero-order valence-electron chi connectivity index (χ0n) is 36.6. The van der Waals surface area contributed by atoms with Crippen molar-refractivity contribution >= 4 is 67.1 Å². The molecule has 18 nitrogen and oxygen atoms in total. The summed E-state index contributed by atoms with van der Waals surface area (Å²) < 4.78 is 33.1. The normalized spacial score (nSPS) is 25.9. The molecule has 2 rings (SSSR count). The van der Waals surface area contributed by atoms with Gasteiger partial charge in [-0.3, -0.25) is 19.2 Å². The molecular weight excluding hydrogens is 889 g/mol. The number of carbonyl (C=O) groups is 4. The van der Waals surface area contributed by atoms with Crippen LogP contribution in [0.1, 0.15) is 117 Å². The molecule has 0 amide bonds. The van der Waals surface area contributed by atoms with E-state index in [-0.39, 0.29) is 19.8 Å². The first-order chi connectivity index (χ1) is 29.9. The van der Waals surface area contributed by atoms with E-state index in [1.54, 1.807) is 10.8 Å². The van der Waals surface area contributed by atoms with Crippen LogP contribution in [0.4, 0.5) is 0 Å². The minimum Gasteiger partial charge on any atom is -0.462 e. The first kappa shape index (κ1) is 58.9. The molecule has 0 bridgehead atoms. The lowest BCUT2D eigenvalue weighted by atomic mass is 9.99. The standard InChI is InChI=1S/C24H44N4O9S2.C16H32O5S2/c1-2-3-4-5-6-7-8-9-10-38-39-24-23(37-20(32)14-28)22(36-19(31)13-27)21(35-18(30)12-26)16(34-24)15-33-17(29)11-25;1-2-3-4-5-6-7-8-9-10-22-23-16-15(20)14(19)13(18)12(11-17)21-16/h16,21-24H,2-15,25-28H2,1H3;12-20H,2-11H2,1H3/t16?,21-,22+,23-,24?;12?,13-,14+,15-,16?/m11/s1. The number of esters is 4. The monoisotopic (exact) mass is 964 g/mol. The van der Waals surface area contributed by atoms with Crippen molar-refractivity contribution in [2.75, 3.05) is 50.9 Å². The highest BCUT2D eigenvalue weighted by atomic mass is 33.1. The lowest BCUT2D eigenvalue weighted by Gasteiger charge is -2.44. The number of unbranched alkanes of at least 4 members (excludes halogenated alkanes) is 14. The number of aliphatic hydroxyl groups excluding tert-OH is 4. The third-order valence-corrected chi connectivity index (χ3v) is 15.1. The topological polar surface area (TPSA) is 309 Å². The Morgan fingerprint density at radius 1 is 0.500 bits per heavy atom. The van der Waals surface area contributed by atoms with E-state index in [2.05, 4.69) is 13.8 Å². The SMILES string of the molecule is CCCCCCCCCCSSC1OC(CO)[C@@H](O)[C@H](O)[C@H]1O.CCCCCCCCCCSSC1OC(COC(=O)CN)[C@@H](OC(=O)CN)[C@H](OC(=O)CN)[C@H]1OC(=O)CN. The van der Waals surface area contributed by atoms with Crippen molar-refractivity contribution < 1.29 is 68.0 Å². The number of carbonyl (C=O) groups excluding carboxylic acids is 4. The van der Waals surface area contributed by atoms with E-state index in [1.165, 1.54) is 109 Å². The summed E-state index contributed by atoms with van der Waals surface area (Å²) in [4.78, 5) is 48.3. The molecule has 0 aromatic heterocycles. The Bertz CT molecular complexity index is 1210. The Balaban J connectivity index is 0.000000708. The second kappa shape index (κ2) is 37.0. The molecule has 0 radical (unpaired) electrons. The molecule has 0 aromatic rings. The minimum atomic E-state index is -1.33. The predicted molar refractivity (Wildman–Crippen MR) is 245 cm³/mol. The van der Waals surface area contributed by atoms with Gasteiger partial charge in [0.1, 0.15) is 42.6 Å². The third-order valence-electron chi connectivity index (χ3n) is 9.81. The van der Waals surface area contributed by atoms with Gasteiger partial charge in [0.15, 0.2) is 23.7 Å². The van der Waals surface area contributed by atoms with Crippen LogP contribution in [0.3, 0.4) is 0 Å².